The molecular weight excluding hydrogens is 572 g/mol. The van der Waals surface area contributed by atoms with E-state index in [1.54, 1.807) is 0 Å². The van der Waals surface area contributed by atoms with Gasteiger partial charge in [0.1, 0.15) is 18.1 Å². The molecule has 0 aliphatic heterocycles. The van der Waals surface area contributed by atoms with Gasteiger partial charge in [-0.2, -0.15) is 35.0 Å². The first-order valence-electron chi connectivity index (χ1n) is 10.7. The predicted molar refractivity (Wildman–Crippen MR) is 117 cm³/mol. The van der Waals surface area contributed by atoms with Crippen LogP contribution >= 0.6 is 0 Å². The van der Waals surface area contributed by atoms with E-state index in [0.29, 0.717) is 6.07 Å². The van der Waals surface area contributed by atoms with Crippen molar-refractivity contribution in [3.05, 3.63) is 47.9 Å². The second-order valence-electron chi connectivity index (χ2n) is 7.61. The third-order valence-corrected chi connectivity index (χ3v) is 6.70. The Morgan fingerprint density at radius 2 is 1.77 bits per heavy atom. The Bertz CT molecular complexity index is 1350. The van der Waals surface area contributed by atoms with Crippen molar-refractivity contribution < 1.29 is 52.7 Å². The molecule has 0 aliphatic carbocycles. The van der Waals surface area contributed by atoms with Crippen LogP contribution in [0.4, 0.5) is 41.1 Å². The van der Waals surface area contributed by atoms with Crippen molar-refractivity contribution in [1.29, 1.82) is 0 Å². The summed E-state index contributed by atoms with van der Waals surface area (Å²) in [4.78, 5) is 7.70. The second kappa shape index (κ2) is 12.1. The lowest BCUT2D eigenvalue weighted by Gasteiger charge is -2.28. The van der Waals surface area contributed by atoms with Gasteiger partial charge in [0.25, 0.3) is 11.8 Å². The fraction of sp³-hybridized carbons (Fsp3) is 0.400. The Kier molecular flexibility index (Phi) is 9.26. The molecule has 1 N–H and O–H groups in total. The molecule has 0 saturated carbocycles. The minimum atomic E-state index is -4.96. The first-order valence-corrected chi connectivity index (χ1v) is 12.3. The number of ether oxygens (including phenoxy) is 1. The van der Waals surface area contributed by atoms with Crippen molar-refractivity contribution in [1.82, 2.24) is 24.5 Å². The molecule has 1 atom stereocenters. The lowest BCUT2D eigenvalue weighted by molar-refractivity contribution is -0.136. The van der Waals surface area contributed by atoms with E-state index >= 15 is 0 Å². The number of nitrogens with zero attached hydrogens (tertiary/aromatic N) is 5. The Hall–Kier alpha value is -3.61. The second-order valence-corrected chi connectivity index (χ2v) is 9.87. The van der Waals surface area contributed by atoms with Crippen LogP contribution in [0.2, 0.25) is 0 Å². The molecule has 2 aromatic heterocycles. The molecule has 19 heteroatoms. The Morgan fingerprint density at radius 1 is 1.10 bits per heavy atom. The zero-order chi connectivity index (χ0) is 29.0. The lowest BCUT2D eigenvalue weighted by atomic mass is 10.1. The molecule has 0 radical (unpaired) electrons. The van der Waals surface area contributed by atoms with Crippen molar-refractivity contribution in [3.63, 3.8) is 0 Å². The van der Waals surface area contributed by atoms with Gasteiger partial charge in [-0.3, -0.25) is 0 Å². The number of anilines is 1. The summed E-state index contributed by atoms with van der Waals surface area (Å²) in [6, 6.07) is 0.780. The SMILES string of the molecule is CCS(=O)(=O)N(CC(Nc1ncc(-c2nnc(C(F)F)o2)cn1)c1ccc(OC(F)F)cc1F)CC(F)(F)F. The van der Waals surface area contributed by atoms with Gasteiger partial charge in [0.15, 0.2) is 0 Å². The van der Waals surface area contributed by atoms with Gasteiger partial charge in [-0.25, -0.2) is 22.8 Å². The van der Waals surface area contributed by atoms with Gasteiger partial charge in [0.2, 0.25) is 16.0 Å². The van der Waals surface area contributed by atoms with Gasteiger partial charge in [0.05, 0.1) is 17.4 Å². The van der Waals surface area contributed by atoms with Gasteiger partial charge in [-0.05, 0) is 13.0 Å². The summed E-state index contributed by atoms with van der Waals surface area (Å²) in [6.45, 7) is -5.06. The molecule has 3 rings (SSSR count). The lowest BCUT2D eigenvalue weighted by Crippen LogP contribution is -2.43. The number of hydrogen-bond donors (Lipinski definition) is 1. The van der Waals surface area contributed by atoms with Crippen molar-refractivity contribution >= 4 is 16.0 Å². The first-order chi connectivity index (χ1) is 18.2. The molecule has 39 heavy (non-hydrogen) atoms. The van der Waals surface area contributed by atoms with E-state index in [-0.39, 0.29) is 21.7 Å². The molecule has 3 aromatic rings. The van der Waals surface area contributed by atoms with Crippen molar-refractivity contribution in [3.8, 4) is 17.2 Å². The minimum absolute atomic E-state index is 0.0246. The van der Waals surface area contributed by atoms with E-state index in [9.17, 15) is 43.5 Å². The number of alkyl halides is 7. The summed E-state index contributed by atoms with van der Waals surface area (Å²) < 4.78 is 138. The number of sulfonamides is 1. The van der Waals surface area contributed by atoms with Crippen molar-refractivity contribution in [2.45, 2.75) is 32.2 Å². The number of aromatic nitrogens is 4. The highest BCUT2D eigenvalue weighted by Crippen LogP contribution is 2.29. The summed E-state index contributed by atoms with van der Waals surface area (Å²) >= 11 is 0. The number of benzene rings is 1. The fourth-order valence-electron chi connectivity index (χ4n) is 3.16. The molecule has 214 valence electrons. The van der Waals surface area contributed by atoms with E-state index in [2.05, 4.69) is 30.2 Å². The number of hydrogen-bond acceptors (Lipinski definition) is 9. The van der Waals surface area contributed by atoms with E-state index in [4.69, 9.17) is 4.42 Å². The van der Waals surface area contributed by atoms with Crippen LogP contribution in [0.25, 0.3) is 11.5 Å². The van der Waals surface area contributed by atoms with Crippen LogP contribution in [0.1, 0.15) is 30.8 Å². The van der Waals surface area contributed by atoms with Gasteiger partial charge >= 0.3 is 19.2 Å². The van der Waals surface area contributed by atoms with Gasteiger partial charge in [-0.15, -0.1) is 10.2 Å². The molecule has 1 unspecified atom stereocenters. The van der Waals surface area contributed by atoms with E-state index < -0.39 is 77.1 Å². The molecule has 0 aliphatic rings. The quantitative estimate of drug-likeness (QED) is 0.302. The maximum Gasteiger partial charge on any atom is 0.402 e. The molecule has 0 bridgehead atoms. The highest BCUT2D eigenvalue weighted by atomic mass is 32.2. The van der Waals surface area contributed by atoms with Crippen LogP contribution in [0.3, 0.4) is 0 Å². The van der Waals surface area contributed by atoms with Crippen LogP contribution in [0.5, 0.6) is 5.75 Å². The summed E-state index contributed by atoms with van der Waals surface area (Å²) in [7, 11) is -4.48. The van der Waals surface area contributed by atoms with Crippen molar-refractivity contribution in [2.24, 2.45) is 0 Å². The summed E-state index contributed by atoms with van der Waals surface area (Å²) in [5.41, 5.74) is -0.454. The zero-order valence-corrected chi connectivity index (χ0v) is 20.4. The number of rotatable bonds is 12. The van der Waals surface area contributed by atoms with Crippen LogP contribution in [-0.4, -0.2) is 64.5 Å². The van der Waals surface area contributed by atoms with Crippen LogP contribution in [-0.2, 0) is 10.0 Å². The topological polar surface area (TPSA) is 123 Å². The highest BCUT2D eigenvalue weighted by Gasteiger charge is 2.37. The Morgan fingerprint density at radius 3 is 2.28 bits per heavy atom. The Balaban J connectivity index is 1.96. The summed E-state index contributed by atoms with van der Waals surface area (Å²) in [5, 5.41) is 9.04. The van der Waals surface area contributed by atoms with Crippen LogP contribution < -0.4 is 10.1 Å². The monoisotopic (exact) mass is 590 g/mol. The minimum Gasteiger partial charge on any atom is -0.435 e. The normalized spacial score (nSPS) is 13.3. The molecule has 0 saturated heterocycles. The number of halogens is 8. The van der Waals surface area contributed by atoms with Crippen molar-refractivity contribution in [2.75, 3.05) is 24.2 Å². The molecule has 0 spiro atoms. The molecule has 2 heterocycles. The van der Waals surface area contributed by atoms with E-state index in [1.165, 1.54) is 0 Å². The van der Waals surface area contributed by atoms with Crippen LogP contribution in [0.15, 0.2) is 35.0 Å². The summed E-state index contributed by atoms with van der Waals surface area (Å²) in [5.74, 6) is -4.22. The fourth-order valence-corrected chi connectivity index (χ4v) is 4.24. The maximum atomic E-state index is 14.9. The molecule has 1 aromatic carbocycles. The average molecular weight is 590 g/mol. The third kappa shape index (κ3) is 8.19. The maximum absolute atomic E-state index is 14.9. The van der Waals surface area contributed by atoms with Gasteiger partial charge < -0.3 is 14.5 Å². The predicted octanol–water partition coefficient (Wildman–Crippen LogP) is 4.57. The van der Waals surface area contributed by atoms with Gasteiger partial charge in [0, 0.05) is 30.6 Å². The molecule has 0 amide bonds. The first kappa shape index (κ1) is 29.9. The largest absolute Gasteiger partial charge is 0.435 e. The number of nitrogens with one attached hydrogen (secondary N) is 1. The van der Waals surface area contributed by atoms with E-state index in [1.807, 2.05) is 0 Å². The van der Waals surface area contributed by atoms with Crippen LogP contribution in [0, 0.1) is 5.82 Å². The smallest absolute Gasteiger partial charge is 0.402 e. The standard InChI is InChI=1S/C20H18F8N6O4S/c1-2-39(35,36)34(9-20(26,27)28)8-14(12-4-3-11(5-13(12)21)37-18(24)25)31-19-29-6-10(7-30-19)16-32-33-17(38-16)15(22)23/h3-7,14-15,18H,2,8-9H2,1H3,(H,29,30,31). The van der Waals surface area contributed by atoms with Gasteiger partial charge in [-0.1, -0.05) is 6.07 Å². The zero-order valence-electron chi connectivity index (χ0n) is 19.5. The van der Waals surface area contributed by atoms with E-state index in [0.717, 1.165) is 31.5 Å². The Labute approximate surface area is 215 Å². The third-order valence-electron chi connectivity index (χ3n) is 4.90. The summed E-state index contributed by atoms with van der Waals surface area (Å²) in [6.07, 6.45) is -5.97. The molecular formula is C20H18F8N6O4S. The average Bonchev–Trinajstić information content (AvgIpc) is 3.33. The highest BCUT2D eigenvalue weighted by molar-refractivity contribution is 7.89. The molecule has 10 nitrogen and oxygen atoms in total. The molecule has 0 fully saturated rings.